The fourth-order valence-electron chi connectivity index (χ4n) is 3.44. The first-order valence-corrected chi connectivity index (χ1v) is 9.66. The largest absolute Gasteiger partial charge is 0.493 e. The number of nitrogens with zero attached hydrogens (tertiary/aromatic N) is 1. The van der Waals surface area contributed by atoms with Crippen molar-refractivity contribution in [3.05, 3.63) is 95.7 Å². The summed E-state index contributed by atoms with van der Waals surface area (Å²) in [7, 11) is 0. The van der Waals surface area contributed by atoms with Gasteiger partial charge in [-0.2, -0.15) is 13.2 Å². The quantitative estimate of drug-likeness (QED) is 0.361. The first kappa shape index (κ1) is 20.0. The Labute approximate surface area is 173 Å². The summed E-state index contributed by atoms with van der Waals surface area (Å²) in [4.78, 5) is 4.57. The number of fused-ring (bicyclic) bond motifs is 1. The van der Waals surface area contributed by atoms with E-state index >= 15 is 0 Å². The first-order valence-electron chi connectivity index (χ1n) is 9.66. The molecule has 5 heteroatoms. The van der Waals surface area contributed by atoms with Gasteiger partial charge in [0, 0.05) is 23.1 Å². The van der Waals surface area contributed by atoms with Gasteiger partial charge in [0.2, 0.25) is 0 Å². The number of hydrogen-bond donors (Lipinski definition) is 0. The van der Waals surface area contributed by atoms with Crippen molar-refractivity contribution in [3.8, 4) is 17.0 Å². The van der Waals surface area contributed by atoms with Crippen molar-refractivity contribution in [2.45, 2.75) is 19.5 Å². The molecule has 0 fully saturated rings. The fraction of sp³-hybridized carbons (Fsp3) is 0.160. The van der Waals surface area contributed by atoms with Gasteiger partial charge in [-0.25, -0.2) is 0 Å². The van der Waals surface area contributed by atoms with Gasteiger partial charge >= 0.3 is 6.18 Å². The lowest BCUT2D eigenvalue weighted by molar-refractivity contribution is -0.137. The Morgan fingerprint density at radius 1 is 0.833 bits per heavy atom. The number of alkyl halides is 3. The van der Waals surface area contributed by atoms with E-state index in [0.29, 0.717) is 24.3 Å². The highest BCUT2D eigenvalue weighted by molar-refractivity contribution is 5.88. The van der Waals surface area contributed by atoms with E-state index in [1.54, 1.807) is 0 Å². The molecule has 0 aliphatic heterocycles. The van der Waals surface area contributed by atoms with Crippen LogP contribution in [0.2, 0.25) is 0 Å². The Hall–Kier alpha value is -3.34. The Morgan fingerprint density at radius 2 is 1.57 bits per heavy atom. The van der Waals surface area contributed by atoms with E-state index in [-0.39, 0.29) is 0 Å². The number of ether oxygens (including phenoxy) is 1. The van der Waals surface area contributed by atoms with Crippen LogP contribution in [0, 0.1) is 6.92 Å². The second kappa shape index (κ2) is 8.19. The summed E-state index contributed by atoms with van der Waals surface area (Å²) in [5, 5.41) is 2.21. The van der Waals surface area contributed by atoms with E-state index in [4.69, 9.17) is 4.74 Å². The van der Waals surface area contributed by atoms with Crippen LogP contribution in [0.25, 0.3) is 22.0 Å². The SMILES string of the molecule is Cc1nc(-c2ccc(C(F)(F)F)cc2)ccc1CCOc1cccc2ccccc12. The summed E-state index contributed by atoms with van der Waals surface area (Å²) >= 11 is 0. The molecular formula is C25H20F3NO. The summed E-state index contributed by atoms with van der Waals surface area (Å²) < 4.78 is 44.2. The monoisotopic (exact) mass is 407 g/mol. The lowest BCUT2D eigenvalue weighted by Crippen LogP contribution is -2.05. The Balaban J connectivity index is 1.45. The van der Waals surface area contributed by atoms with Crippen molar-refractivity contribution in [3.63, 3.8) is 0 Å². The van der Waals surface area contributed by atoms with Crippen molar-refractivity contribution < 1.29 is 17.9 Å². The molecule has 0 N–H and O–H groups in total. The maximum absolute atomic E-state index is 12.7. The molecule has 0 aliphatic rings. The van der Waals surface area contributed by atoms with Crippen LogP contribution < -0.4 is 4.74 Å². The molecule has 1 aromatic heterocycles. The lowest BCUT2D eigenvalue weighted by Gasteiger charge is -2.12. The van der Waals surface area contributed by atoms with Crippen molar-refractivity contribution in [2.24, 2.45) is 0 Å². The molecule has 0 aliphatic carbocycles. The van der Waals surface area contributed by atoms with Crippen LogP contribution in [0.5, 0.6) is 5.75 Å². The third kappa shape index (κ3) is 4.30. The van der Waals surface area contributed by atoms with E-state index in [1.165, 1.54) is 12.1 Å². The molecule has 0 bridgehead atoms. The number of pyridine rings is 1. The molecule has 4 rings (SSSR count). The second-order valence-corrected chi connectivity index (χ2v) is 7.09. The van der Waals surface area contributed by atoms with Crippen molar-refractivity contribution >= 4 is 10.8 Å². The molecule has 0 atom stereocenters. The molecule has 0 saturated heterocycles. The van der Waals surface area contributed by atoms with Crippen LogP contribution in [-0.2, 0) is 12.6 Å². The topological polar surface area (TPSA) is 22.1 Å². The van der Waals surface area contributed by atoms with Gasteiger partial charge in [-0.05, 0) is 42.1 Å². The third-order valence-electron chi connectivity index (χ3n) is 5.08. The van der Waals surface area contributed by atoms with Crippen LogP contribution in [-0.4, -0.2) is 11.6 Å². The molecule has 1 heterocycles. The van der Waals surface area contributed by atoms with Crippen LogP contribution in [0.3, 0.4) is 0 Å². The summed E-state index contributed by atoms with van der Waals surface area (Å²) in [6.45, 7) is 2.41. The molecular weight excluding hydrogens is 387 g/mol. The maximum atomic E-state index is 12.7. The second-order valence-electron chi connectivity index (χ2n) is 7.09. The molecule has 0 spiro atoms. The van der Waals surface area contributed by atoms with Gasteiger partial charge in [0.25, 0.3) is 0 Å². The lowest BCUT2D eigenvalue weighted by atomic mass is 10.1. The predicted molar refractivity (Wildman–Crippen MR) is 113 cm³/mol. The molecule has 0 saturated carbocycles. The molecule has 0 radical (unpaired) electrons. The number of aryl methyl sites for hydroxylation is 1. The van der Waals surface area contributed by atoms with Crippen LogP contribution in [0.4, 0.5) is 13.2 Å². The highest BCUT2D eigenvalue weighted by atomic mass is 19.4. The summed E-state index contributed by atoms with van der Waals surface area (Å²) in [6.07, 6.45) is -3.65. The number of rotatable bonds is 5. The van der Waals surface area contributed by atoms with Crippen LogP contribution in [0.15, 0.2) is 78.9 Å². The normalized spacial score (nSPS) is 11.6. The number of hydrogen-bond acceptors (Lipinski definition) is 2. The summed E-state index contributed by atoms with van der Waals surface area (Å²) in [5.74, 6) is 0.847. The fourth-order valence-corrected chi connectivity index (χ4v) is 3.44. The van der Waals surface area contributed by atoms with Crippen LogP contribution in [0.1, 0.15) is 16.8 Å². The standard InChI is InChI=1S/C25H20F3NO/c1-17-18(15-16-30-24-8-4-6-19-5-2-3-7-22(19)24)11-14-23(29-17)20-9-12-21(13-10-20)25(26,27)28/h2-14H,15-16H2,1H3. The summed E-state index contributed by atoms with van der Waals surface area (Å²) in [6, 6.07) is 22.9. The van der Waals surface area contributed by atoms with E-state index in [9.17, 15) is 13.2 Å². The van der Waals surface area contributed by atoms with Crippen LogP contribution >= 0.6 is 0 Å². The number of aromatic nitrogens is 1. The van der Waals surface area contributed by atoms with Gasteiger partial charge in [0.05, 0.1) is 17.9 Å². The number of halogens is 3. The number of benzene rings is 3. The highest BCUT2D eigenvalue weighted by Crippen LogP contribution is 2.31. The van der Waals surface area contributed by atoms with E-state index in [0.717, 1.165) is 39.9 Å². The average molecular weight is 407 g/mol. The first-order chi connectivity index (χ1) is 14.4. The van der Waals surface area contributed by atoms with Gasteiger partial charge < -0.3 is 4.74 Å². The Kier molecular flexibility index (Phi) is 5.44. The molecule has 3 aromatic carbocycles. The van der Waals surface area contributed by atoms with E-state index < -0.39 is 11.7 Å². The van der Waals surface area contributed by atoms with Gasteiger partial charge in [0.1, 0.15) is 5.75 Å². The van der Waals surface area contributed by atoms with Gasteiger partial charge in [-0.3, -0.25) is 4.98 Å². The molecule has 0 amide bonds. The predicted octanol–water partition coefficient (Wildman–Crippen LogP) is 6.85. The average Bonchev–Trinajstić information content (AvgIpc) is 2.74. The van der Waals surface area contributed by atoms with Gasteiger partial charge in [-0.1, -0.05) is 54.6 Å². The van der Waals surface area contributed by atoms with Gasteiger partial charge in [-0.15, -0.1) is 0 Å². The molecule has 4 aromatic rings. The molecule has 2 nitrogen and oxygen atoms in total. The zero-order chi connectivity index (χ0) is 21.1. The zero-order valence-electron chi connectivity index (χ0n) is 16.4. The third-order valence-corrected chi connectivity index (χ3v) is 5.08. The molecule has 0 unspecified atom stereocenters. The van der Waals surface area contributed by atoms with E-state index in [1.807, 2.05) is 49.4 Å². The zero-order valence-corrected chi connectivity index (χ0v) is 16.4. The highest BCUT2D eigenvalue weighted by Gasteiger charge is 2.30. The maximum Gasteiger partial charge on any atom is 0.416 e. The minimum atomic E-state index is -4.34. The van der Waals surface area contributed by atoms with Crippen molar-refractivity contribution in [2.75, 3.05) is 6.61 Å². The van der Waals surface area contributed by atoms with Gasteiger partial charge in [0.15, 0.2) is 0 Å². The minimum absolute atomic E-state index is 0.510. The molecule has 152 valence electrons. The minimum Gasteiger partial charge on any atom is -0.493 e. The Morgan fingerprint density at radius 3 is 2.30 bits per heavy atom. The van der Waals surface area contributed by atoms with Crippen molar-refractivity contribution in [1.82, 2.24) is 4.98 Å². The molecule has 30 heavy (non-hydrogen) atoms. The van der Waals surface area contributed by atoms with E-state index in [2.05, 4.69) is 17.1 Å². The smallest absolute Gasteiger partial charge is 0.416 e. The Bertz CT molecular complexity index is 1160. The summed E-state index contributed by atoms with van der Waals surface area (Å²) in [5.41, 5.74) is 2.54. The van der Waals surface area contributed by atoms with Crippen molar-refractivity contribution in [1.29, 1.82) is 0 Å².